The molecule has 176 valence electrons. The third-order valence-corrected chi connectivity index (χ3v) is 9.71. The number of carbonyl (C=O) groups excluding carboxylic acids is 2. The van der Waals surface area contributed by atoms with Crippen LogP contribution in [0.3, 0.4) is 0 Å². The van der Waals surface area contributed by atoms with E-state index in [-0.39, 0.29) is 22.8 Å². The van der Waals surface area contributed by atoms with Crippen molar-refractivity contribution in [2.45, 2.75) is 49.8 Å². The molecule has 7 rings (SSSR count). The second-order valence-corrected chi connectivity index (χ2v) is 13.3. The molecule has 0 saturated heterocycles. The Kier molecular flexibility index (Phi) is 5.34. The third kappa shape index (κ3) is 4.07. The molecule has 4 aliphatic rings. The molecule has 3 aromatic rings. The zero-order valence-electron chi connectivity index (χ0n) is 19.1. The van der Waals surface area contributed by atoms with Crippen LogP contribution >= 0.6 is 27.3 Å². The number of nitrogens with zero attached hydrogens (tertiary/aromatic N) is 1. The van der Waals surface area contributed by atoms with Gasteiger partial charge in [-0.2, -0.15) is 0 Å². The van der Waals surface area contributed by atoms with Crippen molar-refractivity contribution in [3.63, 3.8) is 0 Å². The number of hydrogen-bond donors (Lipinski definition) is 1. The summed E-state index contributed by atoms with van der Waals surface area (Å²) in [6, 6.07) is 13.9. The molecule has 2 unspecified atom stereocenters. The van der Waals surface area contributed by atoms with Gasteiger partial charge in [-0.05, 0) is 99.2 Å². The minimum absolute atomic E-state index is 0.0855. The van der Waals surface area contributed by atoms with E-state index in [1.165, 1.54) is 16.7 Å². The van der Waals surface area contributed by atoms with E-state index in [0.717, 1.165) is 48.2 Å². The number of thiazole rings is 1. The van der Waals surface area contributed by atoms with Crippen molar-refractivity contribution in [3.8, 4) is 10.6 Å². The lowest BCUT2D eigenvalue weighted by Gasteiger charge is -2.58. The number of hydrogen-bond acceptors (Lipinski definition) is 5. The summed E-state index contributed by atoms with van der Waals surface area (Å²) in [5.74, 6) is 0.691. The maximum absolute atomic E-state index is 13.1. The summed E-state index contributed by atoms with van der Waals surface area (Å²) in [6.07, 6.45) is 6.20. The van der Waals surface area contributed by atoms with Crippen LogP contribution < -0.4 is 5.32 Å². The number of fused-ring (bicyclic) bond motifs is 1. The SMILES string of the molecule is Cc1ccc2nc(-c3ccc(NC(=O)COC(=O)C45C[C@@H]6C[C@@H](CC(Br)(C6)C4)C5)cc3)sc2c1. The van der Waals surface area contributed by atoms with Gasteiger partial charge in [-0.25, -0.2) is 4.98 Å². The maximum Gasteiger partial charge on any atom is 0.312 e. The van der Waals surface area contributed by atoms with Gasteiger partial charge < -0.3 is 10.1 Å². The van der Waals surface area contributed by atoms with Crippen molar-refractivity contribution < 1.29 is 14.3 Å². The number of aromatic nitrogens is 1. The number of anilines is 1. The number of halogens is 1. The second kappa shape index (κ2) is 8.16. The van der Waals surface area contributed by atoms with E-state index in [1.807, 2.05) is 30.3 Å². The number of carbonyl (C=O) groups is 2. The predicted molar refractivity (Wildman–Crippen MR) is 138 cm³/mol. The number of nitrogens with one attached hydrogen (secondary N) is 1. The Morgan fingerprint density at radius 1 is 1.12 bits per heavy atom. The highest BCUT2D eigenvalue weighted by Gasteiger charge is 2.60. The summed E-state index contributed by atoms with van der Waals surface area (Å²) in [5, 5.41) is 3.80. The molecule has 1 amide bonds. The highest BCUT2D eigenvalue weighted by molar-refractivity contribution is 9.10. The number of esters is 1. The summed E-state index contributed by atoms with van der Waals surface area (Å²) in [5.41, 5.74) is 3.49. The molecule has 0 aliphatic heterocycles. The fourth-order valence-corrected chi connectivity index (χ4v) is 9.24. The number of ether oxygens (including phenoxy) is 1. The Balaban J connectivity index is 1.07. The zero-order chi connectivity index (χ0) is 23.5. The summed E-state index contributed by atoms with van der Waals surface area (Å²) < 4.78 is 6.81. The molecular formula is C27H27BrN2O3S. The highest BCUT2D eigenvalue weighted by atomic mass is 79.9. The lowest BCUT2D eigenvalue weighted by molar-refractivity contribution is -0.170. The Bertz CT molecular complexity index is 1270. The van der Waals surface area contributed by atoms with E-state index in [1.54, 1.807) is 11.3 Å². The summed E-state index contributed by atoms with van der Waals surface area (Å²) in [6.45, 7) is 1.83. The highest BCUT2D eigenvalue weighted by Crippen LogP contribution is 2.64. The molecule has 0 spiro atoms. The van der Waals surface area contributed by atoms with Crippen molar-refractivity contribution >= 4 is 55.0 Å². The van der Waals surface area contributed by atoms with Gasteiger partial charge in [-0.1, -0.05) is 22.0 Å². The maximum atomic E-state index is 13.1. The standard InChI is InChI=1S/C27H27BrN2O3S/c1-16-2-7-21-22(8-16)34-24(30-21)19-3-5-20(6-4-19)29-23(31)14-33-25(32)26-10-17-9-18(11-26)13-27(28,12-17)15-26/h2-8,17-18H,9-15H2,1H3,(H,29,31)/t17-,18+,26?,27?. The lowest BCUT2D eigenvalue weighted by Crippen LogP contribution is -2.56. The third-order valence-electron chi connectivity index (χ3n) is 7.72. The van der Waals surface area contributed by atoms with E-state index in [0.29, 0.717) is 17.5 Å². The van der Waals surface area contributed by atoms with E-state index in [2.05, 4.69) is 40.3 Å². The molecule has 1 aromatic heterocycles. The van der Waals surface area contributed by atoms with Gasteiger partial charge in [0.2, 0.25) is 0 Å². The number of aryl methyl sites for hydroxylation is 1. The first kappa shape index (κ1) is 22.2. The van der Waals surface area contributed by atoms with Gasteiger partial charge in [0.15, 0.2) is 6.61 Å². The van der Waals surface area contributed by atoms with E-state index in [4.69, 9.17) is 9.72 Å². The van der Waals surface area contributed by atoms with Crippen LogP contribution in [0.15, 0.2) is 42.5 Å². The van der Waals surface area contributed by atoms with E-state index < -0.39 is 5.41 Å². The summed E-state index contributed by atoms with van der Waals surface area (Å²) >= 11 is 5.59. The zero-order valence-corrected chi connectivity index (χ0v) is 21.5. The molecule has 7 heteroatoms. The first-order chi connectivity index (χ1) is 16.3. The van der Waals surface area contributed by atoms with Crippen molar-refractivity contribution in [1.82, 2.24) is 4.98 Å². The van der Waals surface area contributed by atoms with Crippen LogP contribution in [0.4, 0.5) is 5.69 Å². The van der Waals surface area contributed by atoms with Crippen LogP contribution in [0.25, 0.3) is 20.8 Å². The number of alkyl halides is 1. The van der Waals surface area contributed by atoms with Crippen molar-refractivity contribution in [2.24, 2.45) is 17.3 Å². The summed E-state index contributed by atoms with van der Waals surface area (Å²) in [4.78, 5) is 30.3. The second-order valence-electron chi connectivity index (χ2n) is 10.6. The molecule has 4 aliphatic carbocycles. The van der Waals surface area contributed by atoms with Crippen LogP contribution in [0.1, 0.15) is 44.1 Å². The lowest BCUT2D eigenvalue weighted by atomic mass is 9.49. The largest absolute Gasteiger partial charge is 0.455 e. The fraction of sp³-hybridized carbons (Fsp3) is 0.444. The van der Waals surface area contributed by atoms with Crippen molar-refractivity contribution in [1.29, 1.82) is 0 Å². The van der Waals surface area contributed by atoms with Crippen molar-refractivity contribution in [3.05, 3.63) is 48.0 Å². The van der Waals surface area contributed by atoms with Gasteiger partial charge in [0.05, 0.1) is 15.6 Å². The van der Waals surface area contributed by atoms with Crippen LogP contribution in [-0.4, -0.2) is 27.8 Å². The molecule has 34 heavy (non-hydrogen) atoms. The minimum atomic E-state index is -0.411. The number of benzene rings is 2. The molecule has 4 saturated carbocycles. The van der Waals surface area contributed by atoms with Crippen molar-refractivity contribution in [2.75, 3.05) is 11.9 Å². The van der Waals surface area contributed by atoms with Gasteiger partial charge in [-0.15, -0.1) is 11.3 Å². The molecule has 1 heterocycles. The molecule has 4 fully saturated rings. The Labute approximate surface area is 211 Å². The molecule has 1 N–H and O–H groups in total. The quantitative estimate of drug-likeness (QED) is 0.298. The average molecular weight is 539 g/mol. The summed E-state index contributed by atoms with van der Waals surface area (Å²) in [7, 11) is 0. The molecule has 5 nitrogen and oxygen atoms in total. The Hall–Kier alpha value is -2.25. The monoisotopic (exact) mass is 538 g/mol. The first-order valence-corrected chi connectivity index (χ1v) is 13.5. The smallest absolute Gasteiger partial charge is 0.312 e. The Morgan fingerprint density at radius 2 is 1.85 bits per heavy atom. The molecule has 2 aromatic carbocycles. The fourth-order valence-electron chi connectivity index (χ4n) is 6.72. The van der Waals surface area contributed by atoms with E-state index in [9.17, 15) is 9.59 Å². The van der Waals surface area contributed by atoms with Crippen LogP contribution in [0.5, 0.6) is 0 Å². The van der Waals surface area contributed by atoms with Crippen LogP contribution in [0.2, 0.25) is 0 Å². The first-order valence-electron chi connectivity index (χ1n) is 11.9. The van der Waals surface area contributed by atoms with Gasteiger partial charge >= 0.3 is 5.97 Å². The van der Waals surface area contributed by atoms with Gasteiger partial charge in [0, 0.05) is 15.6 Å². The van der Waals surface area contributed by atoms with E-state index >= 15 is 0 Å². The Morgan fingerprint density at radius 3 is 2.56 bits per heavy atom. The molecule has 4 atom stereocenters. The number of rotatable bonds is 5. The number of amides is 1. The normalized spacial score (nSPS) is 29.4. The molecule has 4 bridgehead atoms. The van der Waals surface area contributed by atoms with Crippen LogP contribution in [-0.2, 0) is 14.3 Å². The van der Waals surface area contributed by atoms with Crippen LogP contribution in [0, 0.1) is 24.2 Å². The van der Waals surface area contributed by atoms with Gasteiger partial charge in [0.25, 0.3) is 5.91 Å². The van der Waals surface area contributed by atoms with Gasteiger partial charge in [0.1, 0.15) is 5.01 Å². The molecule has 0 radical (unpaired) electrons. The average Bonchev–Trinajstić information content (AvgIpc) is 3.19. The topological polar surface area (TPSA) is 68.3 Å². The minimum Gasteiger partial charge on any atom is -0.455 e. The van der Waals surface area contributed by atoms with Gasteiger partial charge in [-0.3, -0.25) is 9.59 Å². The molecular weight excluding hydrogens is 512 g/mol. The predicted octanol–water partition coefficient (Wildman–Crippen LogP) is 6.49.